The molecule has 26 heavy (non-hydrogen) atoms. The minimum Gasteiger partial charge on any atom is -0.383 e. The number of pyridine rings is 1. The van der Waals surface area contributed by atoms with Crippen molar-refractivity contribution in [2.75, 3.05) is 24.4 Å². The Bertz CT molecular complexity index is 876. The van der Waals surface area contributed by atoms with Gasteiger partial charge in [-0.25, -0.2) is 15.0 Å². The van der Waals surface area contributed by atoms with Crippen LogP contribution in [0.4, 0.5) is 17.5 Å². The van der Waals surface area contributed by atoms with Gasteiger partial charge in [0.05, 0.1) is 6.61 Å². The molecule has 134 valence electrons. The second kappa shape index (κ2) is 8.55. The predicted molar refractivity (Wildman–Crippen MR) is 103 cm³/mol. The van der Waals surface area contributed by atoms with E-state index in [-0.39, 0.29) is 6.04 Å². The first-order valence-corrected chi connectivity index (χ1v) is 8.45. The Morgan fingerprint density at radius 2 is 2.04 bits per heavy atom. The molecule has 0 amide bonds. The van der Waals surface area contributed by atoms with Crippen LogP contribution in [-0.4, -0.2) is 39.7 Å². The van der Waals surface area contributed by atoms with Gasteiger partial charge in [0.15, 0.2) is 5.82 Å². The van der Waals surface area contributed by atoms with Crippen LogP contribution in [0.2, 0.25) is 5.02 Å². The van der Waals surface area contributed by atoms with Gasteiger partial charge in [0.1, 0.15) is 12.1 Å². The third kappa shape index (κ3) is 4.87. The molecule has 0 aliphatic carbocycles. The fourth-order valence-electron chi connectivity index (χ4n) is 2.38. The molecular formula is C18H19ClN6O. The molecule has 3 rings (SSSR count). The molecule has 0 aliphatic rings. The van der Waals surface area contributed by atoms with Crippen molar-refractivity contribution < 1.29 is 4.74 Å². The molecule has 0 saturated heterocycles. The zero-order valence-corrected chi connectivity index (χ0v) is 15.2. The van der Waals surface area contributed by atoms with E-state index in [9.17, 15) is 0 Å². The standard InChI is InChI=1S/C18H19ClN6O/c1-12(10-26-2)23-16-8-13(6-7-20-16)17-21-11-22-18(25-17)24-15-5-3-4-14(19)9-15/h3-9,11-12H,10H2,1-2H3,(H,20,23)(H,21,22,24,25). The maximum atomic E-state index is 6.00. The van der Waals surface area contributed by atoms with E-state index in [1.165, 1.54) is 6.33 Å². The number of halogens is 1. The second-order valence-corrected chi connectivity index (χ2v) is 6.13. The molecule has 3 aromatic rings. The van der Waals surface area contributed by atoms with Crippen LogP contribution in [0.25, 0.3) is 11.4 Å². The zero-order valence-electron chi connectivity index (χ0n) is 14.5. The molecule has 2 N–H and O–H groups in total. The lowest BCUT2D eigenvalue weighted by Crippen LogP contribution is -2.21. The monoisotopic (exact) mass is 370 g/mol. The van der Waals surface area contributed by atoms with E-state index in [2.05, 4.69) is 30.6 Å². The van der Waals surface area contributed by atoms with Crippen molar-refractivity contribution in [1.29, 1.82) is 0 Å². The molecule has 2 aromatic heterocycles. The van der Waals surface area contributed by atoms with Gasteiger partial charge in [0, 0.05) is 35.6 Å². The van der Waals surface area contributed by atoms with Gasteiger partial charge in [-0.05, 0) is 37.3 Å². The molecule has 0 aliphatic heterocycles. The van der Waals surface area contributed by atoms with Gasteiger partial charge < -0.3 is 15.4 Å². The van der Waals surface area contributed by atoms with Crippen LogP contribution >= 0.6 is 11.6 Å². The molecule has 2 heterocycles. The third-order valence-electron chi connectivity index (χ3n) is 3.48. The number of rotatable bonds is 7. The molecule has 0 saturated carbocycles. The molecule has 0 bridgehead atoms. The van der Waals surface area contributed by atoms with Gasteiger partial charge in [0.2, 0.25) is 5.95 Å². The van der Waals surface area contributed by atoms with Gasteiger partial charge in [-0.3, -0.25) is 0 Å². The fraction of sp³-hybridized carbons (Fsp3) is 0.222. The Morgan fingerprint density at radius 3 is 2.85 bits per heavy atom. The van der Waals surface area contributed by atoms with Crippen LogP contribution in [0.1, 0.15) is 6.92 Å². The average Bonchev–Trinajstić information content (AvgIpc) is 2.62. The second-order valence-electron chi connectivity index (χ2n) is 5.70. The fourth-order valence-corrected chi connectivity index (χ4v) is 2.57. The van der Waals surface area contributed by atoms with Crippen molar-refractivity contribution in [2.24, 2.45) is 0 Å². The van der Waals surface area contributed by atoms with Gasteiger partial charge >= 0.3 is 0 Å². The van der Waals surface area contributed by atoms with Crippen LogP contribution < -0.4 is 10.6 Å². The van der Waals surface area contributed by atoms with E-state index in [0.717, 1.165) is 17.1 Å². The first kappa shape index (κ1) is 18.0. The summed E-state index contributed by atoms with van der Waals surface area (Å²) in [7, 11) is 1.67. The normalized spacial score (nSPS) is 11.8. The number of nitrogens with one attached hydrogen (secondary N) is 2. The van der Waals surface area contributed by atoms with Crippen LogP contribution in [0.3, 0.4) is 0 Å². The summed E-state index contributed by atoms with van der Waals surface area (Å²) in [5, 5.41) is 7.04. The lowest BCUT2D eigenvalue weighted by molar-refractivity contribution is 0.190. The number of aromatic nitrogens is 4. The summed E-state index contributed by atoms with van der Waals surface area (Å²) in [5.41, 5.74) is 1.64. The Kier molecular flexibility index (Phi) is 5.93. The summed E-state index contributed by atoms with van der Waals surface area (Å²) in [6.45, 7) is 2.61. The van der Waals surface area contributed by atoms with E-state index in [4.69, 9.17) is 16.3 Å². The summed E-state index contributed by atoms with van der Waals surface area (Å²) >= 11 is 6.00. The molecule has 1 atom stereocenters. The summed E-state index contributed by atoms with van der Waals surface area (Å²) < 4.78 is 5.13. The highest BCUT2D eigenvalue weighted by molar-refractivity contribution is 6.30. The highest BCUT2D eigenvalue weighted by Gasteiger charge is 2.08. The molecule has 0 radical (unpaired) electrons. The first-order chi connectivity index (χ1) is 12.6. The zero-order chi connectivity index (χ0) is 18.4. The van der Waals surface area contributed by atoms with Gasteiger partial charge in [-0.15, -0.1) is 0 Å². The number of benzene rings is 1. The summed E-state index contributed by atoms with van der Waals surface area (Å²) in [5.74, 6) is 1.72. The van der Waals surface area contributed by atoms with E-state index in [1.54, 1.807) is 19.4 Å². The van der Waals surface area contributed by atoms with Gasteiger partial charge in [-0.1, -0.05) is 17.7 Å². The number of methoxy groups -OCH3 is 1. The lowest BCUT2D eigenvalue weighted by Gasteiger charge is -2.13. The summed E-state index contributed by atoms with van der Waals surface area (Å²) in [4.78, 5) is 17.2. The van der Waals surface area contributed by atoms with Gasteiger partial charge in [-0.2, -0.15) is 4.98 Å². The van der Waals surface area contributed by atoms with E-state index in [0.29, 0.717) is 23.4 Å². The SMILES string of the molecule is COCC(C)Nc1cc(-c2ncnc(Nc3cccc(Cl)c3)n2)ccn1. The molecule has 1 aromatic carbocycles. The van der Waals surface area contributed by atoms with Crippen molar-refractivity contribution in [3.05, 3.63) is 53.9 Å². The number of nitrogens with zero attached hydrogens (tertiary/aromatic N) is 4. The number of anilines is 3. The predicted octanol–water partition coefficient (Wildman–Crippen LogP) is 3.78. The number of hydrogen-bond acceptors (Lipinski definition) is 7. The Labute approximate surface area is 156 Å². The highest BCUT2D eigenvalue weighted by atomic mass is 35.5. The third-order valence-corrected chi connectivity index (χ3v) is 3.72. The summed E-state index contributed by atoms with van der Waals surface area (Å²) in [6, 6.07) is 11.2. The topological polar surface area (TPSA) is 84.9 Å². The molecule has 1 unspecified atom stereocenters. The molecule has 0 spiro atoms. The van der Waals surface area contributed by atoms with Crippen LogP contribution in [-0.2, 0) is 4.74 Å². The Hall–Kier alpha value is -2.77. The molecule has 8 heteroatoms. The van der Waals surface area contributed by atoms with Gasteiger partial charge in [0.25, 0.3) is 0 Å². The lowest BCUT2D eigenvalue weighted by atomic mass is 10.2. The smallest absolute Gasteiger partial charge is 0.230 e. The Balaban J connectivity index is 1.79. The molecule has 7 nitrogen and oxygen atoms in total. The molecule has 0 fully saturated rings. The van der Waals surface area contributed by atoms with E-state index < -0.39 is 0 Å². The minimum absolute atomic E-state index is 0.140. The summed E-state index contributed by atoms with van der Waals surface area (Å²) in [6.07, 6.45) is 3.18. The average molecular weight is 371 g/mol. The quantitative estimate of drug-likeness (QED) is 0.654. The first-order valence-electron chi connectivity index (χ1n) is 8.07. The van der Waals surface area contributed by atoms with Crippen LogP contribution in [0.15, 0.2) is 48.9 Å². The van der Waals surface area contributed by atoms with E-state index >= 15 is 0 Å². The van der Waals surface area contributed by atoms with Crippen molar-refractivity contribution in [3.63, 3.8) is 0 Å². The van der Waals surface area contributed by atoms with Crippen LogP contribution in [0.5, 0.6) is 0 Å². The van der Waals surface area contributed by atoms with Crippen LogP contribution in [0, 0.1) is 0 Å². The number of hydrogen-bond donors (Lipinski definition) is 2. The maximum Gasteiger partial charge on any atom is 0.230 e. The van der Waals surface area contributed by atoms with E-state index in [1.807, 2.05) is 37.3 Å². The maximum absolute atomic E-state index is 6.00. The van der Waals surface area contributed by atoms with Crippen molar-refractivity contribution in [2.45, 2.75) is 13.0 Å². The molecular weight excluding hydrogens is 352 g/mol. The van der Waals surface area contributed by atoms with Crippen molar-refractivity contribution in [1.82, 2.24) is 19.9 Å². The Morgan fingerprint density at radius 1 is 1.15 bits per heavy atom. The van der Waals surface area contributed by atoms with Crippen molar-refractivity contribution in [3.8, 4) is 11.4 Å². The minimum atomic E-state index is 0.140. The van der Waals surface area contributed by atoms with Crippen molar-refractivity contribution >= 4 is 29.1 Å². The highest BCUT2D eigenvalue weighted by Crippen LogP contribution is 2.21. The number of ether oxygens (including phenoxy) is 1. The largest absolute Gasteiger partial charge is 0.383 e.